The molecule has 1 heterocycles. The highest BCUT2D eigenvalue weighted by atomic mass is 32.2. The van der Waals surface area contributed by atoms with Gasteiger partial charge in [-0.1, -0.05) is 6.07 Å². The molecule has 7 nitrogen and oxygen atoms in total. The fraction of sp³-hybridized carbons (Fsp3) is 0.364. The number of nitrogens with one attached hydrogen (secondary N) is 1. The van der Waals surface area contributed by atoms with E-state index in [9.17, 15) is 18.0 Å². The first kappa shape index (κ1) is 23.3. The van der Waals surface area contributed by atoms with Gasteiger partial charge in [0.1, 0.15) is 0 Å². The van der Waals surface area contributed by atoms with Crippen LogP contribution in [-0.2, 0) is 19.6 Å². The summed E-state index contributed by atoms with van der Waals surface area (Å²) >= 11 is 1.55. The van der Waals surface area contributed by atoms with Crippen molar-refractivity contribution in [2.75, 3.05) is 31.8 Å². The summed E-state index contributed by atoms with van der Waals surface area (Å²) in [5.74, 6) is -0.947. The van der Waals surface area contributed by atoms with Crippen molar-refractivity contribution in [3.8, 4) is 0 Å². The van der Waals surface area contributed by atoms with E-state index in [-0.39, 0.29) is 29.8 Å². The number of sulfonamides is 1. The van der Waals surface area contributed by atoms with Crippen molar-refractivity contribution >= 4 is 39.3 Å². The highest BCUT2D eigenvalue weighted by Crippen LogP contribution is 2.27. The van der Waals surface area contributed by atoms with Crippen molar-refractivity contribution in [2.24, 2.45) is 5.92 Å². The van der Waals surface area contributed by atoms with E-state index in [0.29, 0.717) is 24.1 Å². The van der Waals surface area contributed by atoms with Crippen molar-refractivity contribution < 1.29 is 22.7 Å². The molecular weight excluding hydrogens is 436 g/mol. The summed E-state index contributed by atoms with van der Waals surface area (Å²) in [6, 6.07) is 11.8. The molecule has 0 radical (unpaired) electrons. The minimum atomic E-state index is -3.58. The summed E-state index contributed by atoms with van der Waals surface area (Å²) in [5, 5.41) is 2.88. The lowest BCUT2D eigenvalue weighted by Crippen LogP contribution is -2.41. The Kier molecular flexibility index (Phi) is 7.40. The van der Waals surface area contributed by atoms with Gasteiger partial charge in [0.05, 0.1) is 17.6 Å². The predicted octanol–water partition coefficient (Wildman–Crippen LogP) is 3.54. The Balaban J connectivity index is 1.64. The predicted molar refractivity (Wildman–Crippen MR) is 121 cm³/mol. The Morgan fingerprint density at radius 3 is 2.32 bits per heavy atom. The van der Waals surface area contributed by atoms with Gasteiger partial charge in [-0.05, 0) is 68.0 Å². The van der Waals surface area contributed by atoms with Gasteiger partial charge in [0.15, 0.2) is 0 Å². The quantitative estimate of drug-likeness (QED) is 0.521. The number of thioether (sulfide) groups is 1. The third kappa shape index (κ3) is 5.28. The molecule has 1 fully saturated rings. The Morgan fingerprint density at radius 2 is 1.74 bits per heavy atom. The Morgan fingerprint density at radius 1 is 1.10 bits per heavy atom. The molecule has 1 aliphatic heterocycles. The molecule has 1 saturated heterocycles. The summed E-state index contributed by atoms with van der Waals surface area (Å²) in [6.45, 7) is 2.41. The molecular formula is C22H26N2O5S2. The molecule has 1 aliphatic rings. The van der Waals surface area contributed by atoms with Gasteiger partial charge < -0.3 is 10.1 Å². The average molecular weight is 463 g/mol. The molecule has 166 valence electrons. The summed E-state index contributed by atoms with van der Waals surface area (Å²) in [5.41, 5.74) is 1.74. The number of esters is 1. The maximum absolute atomic E-state index is 12.9. The molecule has 31 heavy (non-hydrogen) atoms. The number of hydrogen-bond acceptors (Lipinski definition) is 6. The minimum absolute atomic E-state index is 0.175. The van der Waals surface area contributed by atoms with Crippen LogP contribution in [0.5, 0.6) is 0 Å². The Bertz CT molecular complexity index is 1060. The molecule has 0 spiro atoms. The number of piperidine rings is 1. The fourth-order valence-corrected chi connectivity index (χ4v) is 5.37. The summed E-state index contributed by atoms with van der Waals surface area (Å²) in [6.07, 6.45) is 2.81. The number of carbonyl (C=O) groups excluding carboxylic acids is 2. The summed E-state index contributed by atoms with van der Waals surface area (Å²) < 4.78 is 32.0. The van der Waals surface area contributed by atoms with Crippen LogP contribution in [0.1, 0.15) is 28.8 Å². The van der Waals surface area contributed by atoms with Crippen LogP contribution in [0, 0.1) is 12.8 Å². The van der Waals surface area contributed by atoms with Gasteiger partial charge in [-0.15, -0.1) is 11.8 Å². The standard InChI is InChI=1S/C22H26N2O5S2/c1-15-4-5-17(22(26)29-2)14-20(15)23-21(25)16-10-12-24(13-11-16)31(27,28)19-8-6-18(30-3)7-9-19/h4-9,14,16H,10-13H2,1-3H3,(H,23,25). The summed E-state index contributed by atoms with van der Waals surface area (Å²) in [4.78, 5) is 25.8. The molecule has 2 aromatic rings. The second kappa shape index (κ2) is 9.84. The minimum Gasteiger partial charge on any atom is -0.465 e. The van der Waals surface area contributed by atoms with Crippen LogP contribution >= 0.6 is 11.8 Å². The number of nitrogens with zero attached hydrogens (tertiary/aromatic N) is 1. The lowest BCUT2D eigenvalue weighted by Gasteiger charge is -2.30. The zero-order chi connectivity index (χ0) is 22.6. The number of ether oxygens (including phenoxy) is 1. The van der Waals surface area contributed by atoms with Crippen molar-refractivity contribution in [2.45, 2.75) is 29.6 Å². The van der Waals surface area contributed by atoms with Crippen LogP contribution in [0.2, 0.25) is 0 Å². The van der Waals surface area contributed by atoms with Crippen molar-refractivity contribution in [1.82, 2.24) is 4.31 Å². The molecule has 0 bridgehead atoms. The molecule has 1 amide bonds. The maximum atomic E-state index is 12.9. The summed E-state index contributed by atoms with van der Waals surface area (Å²) in [7, 11) is -2.27. The number of hydrogen-bond donors (Lipinski definition) is 1. The van der Waals surface area contributed by atoms with E-state index in [4.69, 9.17) is 4.74 Å². The maximum Gasteiger partial charge on any atom is 0.337 e. The second-order valence-corrected chi connectivity index (χ2v) is 10.2. The highest BCUT2D eigenvalue weighted by molar-refractivity contribution is 7.98. The Hall–Kier alpha value is -2.36. The van der Waals surface area contributed by atoms with Crippen molar-refractivity contribution in [3.05, 3.63) is 53.6 Å². The third-order valence-electron chi connectivity index (χ3n) is 5.44. The number of benzene rings is 2. The Labute approximate surface area is 187 Å². The lowest BCUT2D eigenvalue weighted by atomic mass is 9.97. The molecule has 0 saturated carbocycles. The zero-order valence-electron chi connectivity index (χ0n) is 17.8. The first-order valence-corrected chi connectivity index (χ1v) is 12.6. The van der Waals surface area contributed by atoms with Crippen molar-refractivity contribution in [1.29, 1.82) is 0 Å². The van der Waals surface area contributed by atoms with Gasteiger partial charge in [0.25, 0.3) is 0 Å². The number of anilines is 1. The average Bonchev–Trinajstić information content (AvgIpc) is 2.80. The number of aryl methyl sites for hydroxylation is 1. The lowest BCUT2D eigenvalue weighted by molar-refractivity contribution is -0.120. The van der Waals surface area contributed by atoms with E-state index in [2.05, 4.69) is 5.32 Å². The van der Waals surface area contributed by atoms with Crippen LogP contribution in [0.15, 0.2) is 52.3 Å². The number of carbonyl (C=O) groups is 2. The van der Waals surface area contributed by atoms with E-state index >= 15 is 0 Å². The number of methoxy groups -OCH3 is 1. The number of rotatable bonds is 6. The van der Waals surface area contributed by atoms with E-state index in [1.54, 1.807) is 54.2 Å². The van der Waals surface area contributed by atoms with Crippen LogP contribution in [-0.4, -0.2) is 51.1 Å². The highest BCUT2D eigenvalue weighted by Gasteiger charge is 2.32. The van der Waals surface area contributed by atoms with Crippen molar-refractivity contribution in [3.63, 3.8) is 0 Å². The monoisotopic (exact) mass is 462 g/mol. The van der Waals surface area contributed by atoms with Crippen LogP contribution in [0.3, 0.4) is 0 Å². The van der Waals surface area contributed by atoms with E-state index in [1.807, 2.05) is 13.2 Å². The fourth-order valence-electron chi connectivity index (χ4n) is 3.49. The van der Waals surface area contributed by atoms with Gasteiger partial charge in [-0.3, -0.25) is 4.79 Å². The molecule has 9 heteroatoms. The third-order valence-corrected chi connectivity index (χ3v) is 8.09. The molecule has 2 aromatic carbocycles. The normalized spacial score (nSPS) is 15.5. The van der Waals surface area contributed by atoms with Gasteiger partial charge >= 0.3 is 5.97 Å². The van der Waals surface area contributed by atoms with Gasteiger partial charge in [0, 0.05) is 29.6 Å². The first-order chi connectivity index (χ1) is 14.8. The molecule has 0 aromatic heterocycles. The van der Waals surface area contributed by atoms with Crippen LogP contribution in [0.25, 0.3) is 0 Å². The van der Waals surface area contributed by atoms with E-state index < -0.39 is 16.0 Å². The molecule has 0 atom stereocenters. The van der Waals surface area contributed by atoms with Gasteiger partial charge in [-0.2, -0.15) is 4.31 Å². The number of amides is 1. The second-order valence-electron chi connectivity index (χ2n) is 7.36. The van der Waals surface area contributed by atoms with E-state index in [1.165, 1.54) is 11.4 Å². The molecule has 0 aliphatic carbocycles. The zero-order valence-corrected chi connectivity index (χ0v) is 19.4. The van der Waals surface area contributed by atoms with Gasteiger partial charge in [0.2, 0.25) is 15.9 Å². The molecule has 3 rings (SSSR count). The first-order valence-electron chi connectivity index (χ1n) is 9.90. The van der Waals surface area contributed by atoms with E-state index in [0.717, 1.165) is 10.5 Å². The van der Waals surface area contributed by atoms with Gasteiger partial charge in [-0.25, -0.2) is 13.2 Å². The van der Waals surface area contributed by atoms with Crippen LogP contribution in [0.4, 0.5) is 5.69 Å². The topological polar surface area (TPSA) is 92.8 Å². The largest absolute Gasteiger partial charge is 0.465 e. The smallest absolute Gasteiger partial charge is 0.337 e. The van der Waals surface area contributed by atoms with Crippen LogP contribution < -0.4 is 5.32 Å². The molecule has 1 N–H and O–H groups in total. The molecule has 0 unspecified atom stereocenters. The SMILES string of the molecule is COC(=O)c1ccc(C)c(NC(=O)C2CCN(S(=O)(=O)c3ccc(SC)cc3)CC2)c1.